The van der Waals surface area contributed by atoms with E-state index in [-0.39, 0.29) is 12.5 Å². The molecule has 31 heavy (non-hydrogen) atoms. The van der Waals surface area contributed by atoms with Crippen molar-refractivity contribution < 1.29 is 19.0 Å². The predicted octanol–water partition coefficient (Wildman–Crippen LogP) is 2.86. The summed E-state index contributed by atoms with van der Waals surface area (Å²) in [6.45, 7) is 2.22. The van der Waals surface area contributed by atoms with Crippen LogP contribution < -0.4 is 14.8 Å². The molecule has 0 atom stereocenters. The molecule has 1 fully saturated rings. The first-order chi connectivity index (χ1) is 15.2. The fourth-order valence-corrected chi connectivity index (χ4v) is 3.39. The van der Waals surface area contributed by atoms with E-state index in [1.54, 1.807) is 11.8 Å². The summed E-state index contributed by atoms with van der Waals surface area (Å²) in [7, 11) is 1.64. The van der Waals surface area contributed by atoms with Crippen LogP contribution in [0.4, 0.5) is 0 Å². The molecule has 4 rings (SSSR count). The second kappa shape index (κ2) is 10.1. The molecule has 8 heteroatoms. The molecule has 1 aromatic heterocycles. The average molecular weight is 422 g/mol. The quantitative estimate of drug-likeness (QED) is 0.601. The van der Waals surface area contributed by atoms with Crippen LogP contribution >= 0.6 is 0 Å². The topological polar surface area (TPSA) is 87.5 Å². The Bertz CT molecular complexity index is 980. The van der Waals surface area contributed by atoms with E-state index in [9.17, 15) is 4.79 Å². The minimum absolute atomic E-state index is 0.00644. The minimum Gasteiger partial charge on any atom is -0.497 e. The largest absolute Gasteiger partial charge is 0.497 e. The summed E-state index contributed by atoms with van der Waals surface area (Å²) in [5.74, 6) is 1.79. The number of aromatic nitrogens is 3. The third-order valence-corrected chi connectivity index (χ3v) is 5.28. The molecule has 1 amide bonds. The third-order valence-electron chi connectivity index (χ3n) is 5.28. The number of hydrogen-bond donors (Lipinski definition) is 1. The molecule has 2 heterocycles. The summed E-state index contributed by atoms with van der Waals surface area (Å²) < 4.78 is 17.8. The molecular weight excluding hydrogens is 396 g/mol. The lowest BCUT2D eigenvalue weighted by Crippen LogP contribution is -2.35. The van der Waals surface area contributed by atoms with Gasteiger partial charge in [-0.25, -0.2) is 4.68 Å². The highest BCUT2D eigenvalue weighted by molar-refractivity contribution is 5.77. The molecule has 3 aromatic rings. The van der Waals surface area contributed by atoms with Crippen molar-refractivity contribution in [3.63, 3.8) is 0 Å². The van der Waals surface area contributed by atoms with Crippen LogP contribution in [0.25, 0.3) is 16.9 Å². The molecule has 1 N–H and O–H groups in total. The number of hydrogen-bond acceptors (Lipinski definition) is 6. The van der Waals surface area contributed by atoms with E-state index in [4.69, 9.17) is 14.2 Å². The van der Waals surface area contributed by atoms with Gasteiger partial charge in [-0.15, -0.1) is 5.10 Å². The molecule has 0 radical (unpaired) electrons. The number of nitrogens with zero attached hydrogens (tertiary/aromatic N) is 3. The molecule has 1 aliphatic rings. The monoisotopic (exact) mass is 422 g/mol. The maximum atomic E-state index is 12.0. The van der Waals surface area contributed by atoms with E-state index < -0.39 is 0 Å². The van der Waals surface area contributed by atoms with Gasteiger partial charge in [0, 0.05) is 25.3 Å². The van der Waals surface area contributed by atoms with Gasteiger partial charge in [0.2, 0.25) is 0 Å². The van der Waals surface area contributed by atoms with Crippen molar-refractivity contribution in [1.29, 1.82) is 0 Å². The van der Waals surface area contributed by atoms with E-state index in [0.717, 1.165) is 48.7 Å². The number of methoxy groups -OCH3 is 1. The number of ether oxygens (including phenoxy) is 3. The summed E-state index contributed by atoms with van der Waals surface area (Å²) in [4.78, 5) is 12.0. The van der Waals surface area contributed by atoms with Crippen molar-refractivity contribution in [3.05, 3.63) is 54.7 Å². The lowest BCUT2D eigenvalue weighted by Gasteiger charge is -2.22. The first kappa shape index (κ1) is 20.9. The van der Waals surface area contributed by atoms with Gasteiger partial charge in [0.25, 0.3) is 5.91 Å². The van der Waals surface area contributed by atoms with Crippen LogP contribution in [-0.2, 0) is 9.53 Å². The molecule has 0 saturated carbocycles. The maximum absolute atomic E-state index is 12.0. The zero-order valence-corrected chi connectivity index (χ0v) is 17.5. The van der Waals surface area contributed by atoms with Crippen LogP contribution in [0.3, 0.4) is 0 Å². The second-order valence-corrected chi connectivity index (χ2v) is 7.42. The van der Waals surface area contributed by atoms with Gasteiger partial charge < -0.3 is 19.5 Å². The van der Waals surface area contributed by atoms with Gasteiger partial charge in [-0.2, -0.15) is 0 Å². The zero-order valence-electron chi connectivity index (χ0n) is 17.5. The number of amides is 1. The Morgan fingerprint density at radius 3 is 2.52 bits per heavy atom. The lowest BCUT2D eigenvalue weighted by atomic mass is 10.0. The number of nitrogens with one attached hydrogen (secondary N) is 1. The van der Waals surface area contributed by atoms with E-state index in [0.29, 0.717) is 18.2 Å². The average Bonchev–Trinajstić information content (AvgIpc) is 3.33. The normalized spacial score (nSPS) is 14.2. The Kier molecular flexibility index (Phi) is 6.78. The summed E-state index contributed by atoms with van der Waals surface area (Å²) >= 11 is 0. The molecule has 2 aromatic carbocycles. The molecular formula is C23H26N4O4. The first-order valence-corrected chi connectivity index (χ1v) is 10.4. The van der Waals surface area contributed by atoms with E-state index >= 15 is 0 Å². The van der Waals surface area contributed by atoms with Crippen LogP contribution in [0.2, 0.25) is 0 Å². The fourth-order valence-electron chi connectivity index (χ4n) is 3.39. The summed E-state index contributed by atoms with van der Waals surface area (Å²) in [6, 6.07) is 15.0. The van der Waals surface area contributed by atoms with Crippen molar-refractivity contribution in [3.8, 4) is 28.4 Å². The highest BCUT2D eigenvalue weighted by Gasteiger charge is 2.14. The molecule has 0 bridgehead atoms. The molecule has 0 spiro atoms. The van der Waals surface area contributed by atoms with Crippen molar-refractivity contribution in [2.45, 2.75) is 12.8 Å². The fraction of sp³-hybridized carbons (Fsp3) is 0.348. The Morgan fingerprint density at radius 2 is 1.81 bits per heavy atom. The van der Waals surface area contributed by atoms with E-state index in [1.807, 2.05) is 54.7 Å². The second-order valence-electron chi connectivity index (χ2n) is 7.42. The van der Waals surface area contributed by atoms with Gasteiger partial charge in [-0.3, -0.25) is 4.79 Å². The summed E-state index contributed by atoms with van der Waals surface area (Å²) in [5, 5.41) is 11.4. The third kappa shape index (κ3) is 5.61. The Morgan fingerprint density at radius 1 is 1.10 bits per heavy atom. The van der Waals surface area contributed by atoms with Gasteiger partial charge in [0.15, 0.2) is 6.61 Å². The highest BCUT2D eigenvalue weighted by atomic mass is 16.5. The van der Waals surface area contributed by atoms with E-state index in [1.165, 1.54) is 0 Å². The van der Waals surface area contributed by atoms with Crippen molar-refractivity contribution in [1.82, 2.24) is 20.3 Å². The summed E-state index contributed by atoms with van der Waals surface area (Å²) in [5.41, 5.74) is 2.58. The van der Waals surface area contributed by atoms with Gasteiger partial charge in [0.05, 0.1) is 19.0 Å². The van der Waals surface area contributed by atoms with Crippen LogP contribution in [0, 0.1) is 5.92 Å². The van der Waals surface area contributed by atoms with Crippen LogP contribution in [-0.4, -0.2) is 54.4 Å². The van der Waals surface area contributed by atoms with Crippen molar-refractivity contribution >= 4 is 5.91 Å². The van der Waals surface area contributed by atoms with Gasteiger partial charge in [0.1, 0.15) is 17.2 Å². The maximum Gasteiger partial charge on any atom is 0.257 e. The van der Waals surface area contributed by atoms with Gasteiger partial charge >= 0.3 is 0 Å². The zero-order chi connectivity index (χ0) is 21.5. The first-order valence-electron chi connectivity index (χ1n) is 10.4. The number of rotatable bonds is 8. The van der Waals surface area contributed by atoms with Gasteiger partial charge in [-0.1, -0.05) is 5.21 Å². The van der Waals surface area contributed by atoms with Crippen LogP contribution in [0.15, 0.2) is 54.7 Å². The number of carbonyl (C=O) groups excluding carboxylic acids is 1. The standard InChI is InChI=1S/C23H26N4O4/c1-29-20-6-2-18(3-7-20)22-15-27(26-25-22)19-4-8-21(9-5-19)31-16-23(28)24-14-17-10-12-30-13-11-17/h2-9,15,17H,10-14,16H2,1H3,(H,24,28). The SMILES string of the molecule is COc1ccc(-c2cn(-c3ccc(OCC(=O)NCC4CCOCC4)cc3)nn2)cc1. The van der Waals surface area contributed by atoms with Crippen molar-refractivity contribution in [2.75, 3.05) is 33.5 Å². The Labute approximate surface area is 181 Å². The molecule has 1 aliphatic heterocycles. The van der Waals surface area contributed by atoms with Crippen molar-refractivity contribution in [2.24, 2.45) is 5.92 Å². The predicted molar refractivity (Wildman–Crippen MR) is 115 cm³/mol. The van der Waals surface area contributed by atoms with Gasteiger partial charge in [-0.05, 0) is 67.3 Å². The molecule has 0 unspecified atom stereocenters. The Balaban J connectivity index is 1.29. The van der Waals surface area contributed by atoms with Crippen LogP contribution in [0.5, 0.6) is 11.5 Å². The van der Waals surface area contributed by atoms with Crippen LogP contribution in [0.1, 0.15) is 12.8 Å². The molecule has 162 valence electrons. The lowest BCUT2D eigenvalue weighted by molar-refractivity contribution is -0.123. The molecule has 8 nitrogen and oxygen atoms in total. The molecule has 0 aliphatic carbocycles. The number of benzene rings is 2. The minimum atomic E-state index is -0.115. The molecule has 1 saturated heterocycles. The number of carbonyl (C=O) groups is 1. The highest BCUT2D eigenvalue weighted by Crippen LogP contribution is 2.22. The van der Waals surface area contributed by atoms with E-state index in [2.05, 4.69) is 15.6 Å². The smallest absolute Gasteiger partial charge is 0.257 e. The Hall–Kier alpha value is -3.39. The summed E-state index contributed by atoms with van der Waals surface area (Å²) in [6.07, 6.45) is 3.84.